The Balaban J connectivity index is 1.86. The lowest BCUT2D eigenvalue weighted by Crippen LogP contribution is -2.09. The number of nitrogens with two attached hydrogens (primary N) is 1. The zero-order valence-electron chi connectivity index (χ0n) is 8.61. The van der Waals surface area contributed by atoms with Gasteiger partial charge in [0.15, 0.2) is 0 Å². The summed E-state index contributed by atoms with van der Waals surface area (Å²) in [6.45, 7) is 0.512. The van der Waals surface area contributed by atoms with Crippen molar-refractivity contribution in [1.29, 1.82) is 0 Å². The van der Waals surface area contributed by atoms with Gasteiger partial charge in [0.1, 0.15) is 0 Å². The summed E-state index contributed by atoms with van der Waals surface area (Å²) in [7, 11) is 0. The van der Waals surface area contributed by atoms with E-state index in [1.54, 1.807) is 24.3 Å². The number of para-hydroxylation sites is 1. The highest BCUT2D eigenvalue weighted by atomic mass is 16.5. The lowest BCUT2D eigenvalue weighted by molar-refractivity contribution is 0.0496. The molecule has 1 saturated carbocycles. The summed E-state index contributed by atoms with van der Waals surface area (Å²) in [5, 5.41) is 0. The van der Waals surface area contributed by atoms with E-state index < -0.39 is 0 Å². The molecule has 0 aliphatic heterocycles. The van der Waals surface area contributed by atoms with E-state index in [-0.39, 0.29) is 5.97 Å². The fourth-order valence-electron chi connectivity index (χ4n) is 1.49. The number of nitrogen functional groups attached to an aromatic ring is 1. The molecule has 2 rings (SSSR count). The molecule has 0 atom stereocenters. The highest BCUT2D eigenvalue weighted by Crippen LogP contribution is 2.32. The maximum Gasteiger partial charge on any atom is 0.340 e. The molecular formula is C12H15NO2. The van der Waals surface area contributed by atoms with Gasteiger partial charge in [-0.15, -0.1) is 0 Å². The summed E-state index contributed by atoms with van der Waals surface area (Å²) in [5.41, 5.74) is 6.61. The molecule has 1 aromatic rings. The summed E-state index contributed by atoms with van der Waals surface area (Å²) >= 11 is 0. The minimum atomic E-state index is -0.311. The number of carbonyl (C=O) groups excluding carboxylic acids is 1. The van der Waals surface area contributed by atoms with Crippen LogP contribution in [0.4, 0.5) is 5.69 Å². The maximum absolute atomic E-state index is 11.6. The molecular weight excluding hydrogens is 190 g/mol. The van der Waals surface area contributed by atoms with Crippen molar-refractivity contribution in [2.24, 2.45) is 5.92 Å². The van der Waals surface area contributed by atoms with Crippen LogP contribution in [0.25, 0.3) is 0 Å². The molecule has 0 aromatic heterocycles. The van der Waals surface area contributed by atoms with Crippen molar-refractivity contribution in [3.05, 3.63) is 29.8 Å². The van der Waals surface area contributed by atoms with E-state index in [9.17, 15) is 4.79 Å². The summed E-state index contributed by atoms with van der Waals surface area (Å²) in [6, 6.07) is 6.98. The molecule has 1 aromatic carbocycles. The third kappa shape index (κ3) is 2.72. The molecule has 0 unspecified atom stereocenters. The SMILES string of the molecule is Nc1ccccc1C(=O)OCCC1CC1. The van der Waals surface area contributed by atoms with Crippen LogP contribution in [-0.2, 0) is 4.74 Å². The zero-order chi connectivity index (χ0) is 10.7. The lowest BCUT2D eigenvalue weighted by atomic mass is 10.2. The predicted octanol–water partition coefficient (Wildman–Crippen LogP) is 2.23. The standard InChI is InChI=1S/C12H15NO2/c13-11-4-2-1-3-10(11)12(14)15-8-7-9-5-6-9/h1-4,9H,5-8,13H2. The van der Waals surface area contributed by atoms with Gasteiger partial charge in [-0.3, -0.25) is 0 Å². The van der Waals surface area contributed by atoms with Gasteiger partial charge in [-0.05, 0) is 24.5 Å². The van der Waals surface area contributed by atoms with Crippen LogP contribution in [0, 0.1) is 5.92 Å². The topological polar surface area (TPSA) is 52.3 Å². The smallest absolute Gasteiger partial charge is 0.340 e. The summed E-state index contributed by atoms with van der Waals surface area (Å²) in [5.74, 6) is 0.472. The van der Waals surface area contributed by atoms with E-state index in [1.807, 2.05) is 0 Å². The van der Waals surface area contributed by atoms with Gasteiger partial charge >= 0.3 is 5.97 Å². The molecule has 0 heterocycles. The highest BCUT2D eigenvalue weighted by molar-refractivity contribution is 5.94. The largest absolute Gasteiger partial charge is 0.462 e. The Morgan fingerprint density at radius 3 is 2.80 bits per heavy atom. The van der Waals surface area contributed by atoms with Crippen molar-refractivity contribution in [3.63, 3.8) is 0 Å². The van der Waals surface area contributed by atoms with Crippen LogP contribution in [0.15, 0.2) is 24.3 Å². The minimum absolute atomic E-state index is 0.311. The van der Waals surface area contributed by atoms with Crippen molar-refractivity contribution in [2.75, 3.05) is 12.3 Å². The maximum atomic E-state index is 11.6. The van der Waals surface area contributed by atoms with Gasteiger partial charge in [-0.1, -0.05) is 25.0 Å². The fourth-order valence-corrected chi connectivity index (χ4v) is 1.49. The normalized spacial score (nSPS) is 14.9. The number of benzene rings is 1. The second-order valence-electron chi connectivity index (χ2n) is 3.96. The second-order valence-corrected chi connectivity index (χ2v) is 3.96. The average molecular weight is 205 g/mol. The first-order valence-corrected chi connectivity index (χ1v) is 5.29. The first-order chi connectivity index (χ1) is 7.27. The Kier molecular flexibility index (Phi) is 2.90. The van der Waals surface area contributed by atoms with Crippen molar-refractivity contribution in [3.8, 4) is 0 Å². The van der Waals surface area contributed by atoms with Crippen LogP contribution < -0.4 is 5.73 Å². The first kappa shape index (κ1) is 10.0. The third-order valence-corrected chi connectivity index (χ3v) is 2.64. The monoisotopic (exact) mass is 205 g/mol. The Morgan fingerprint density at radius 2 is 2.13 bits per heavy atom. The third-order valence-electron chi connectivity index (χ3n) is 2.64. The first-order valence-electron chi connectivity index (χ1n) is 5.29. The number of carbonyl (C=O) groups is 1. The van der Waals surface area contributed by atoms with Gasteiger partial charge in [0, 0.05) is 5.69 Å². The van der Waals surface area contributed by atoms with E-state index in [2.05, 4.69) is 0 Å². The van der Waals surface area contributed by atoms with Crippen LogP contribution >= 0.6 is 0 Å². The Labute approximate surface area is 89.2 Å². The van der Waals surface area contributed by atoms with E-state index in [1.165, 1.54) is 12.8 Å². The van der Waals surface area contributed by atoms with E-state index >= 15 is 0 Å². The van der Waals surface area contributed by atoms with Gasteiger partial charge in [0.2, 0.25) is 0 Å². The van der Waals surface area contributed by atoms with Crippen LogP contribution in [0.5, 0.6) is 0 Å². The molecule has 3 heteroatoms. The predicted molar refractivity (Wildman–Crippen MR) is 58.5 cm³/mol. The fraction of sp³-hybridized carbons (Fsp3) is 0.417. The van der Waals surface area contributed by atoms with Gasteiger partial charge in [0.25, 0.3) is 0 Å². The second kappa shape index (κ2) is 4.34. The number of hydrogen-bond acceptors (Lipinski definition) is 3. The Morgan fingerprint density at radius 1 is 1.40 bits per heavy atom. The molecule has 0 bridgehead atoms. The number of ether oxygens (including phenoxy) is 1. The molecule has 0 amide bonds. The minimum Gasteiger partial charge on any atom is -0.462 e. The van der Waals surface area contributed by atoms with Gasteiger partial charge in [-0.2, -0.15) is 0 Å². The number of anilines is 1. The average Bonchev–Trinajstić information content (AvgIpc) is 3.02. The number of hydrogen-bond donors (Lipinski definition) is 1. The van der Waals surface area contributed by atoms with Crippen molar-refractivity contribution in [2.45, 2.75) is 19.3 Å². The molecule has 0 saturated heterocycles. The Bertz CT molecular complexity index is 358. The van der Waals surface area contributed by atoms with Crippen LogP contribution in [0.3, 0.4) is 0 Å². The van der Waals surface area contributed by atoms with Crippen LogP contribution in [0.1, 0.15) is 29.6 Å². The molecule has 80 valence electrons. The lowest BCUT2D eigenvalue weighted by Gasteiger charge is -2.05. The summed E-state index contributed by atoms with van der Waals surface area (Å²) < 4.78 is 5.14. The quantitative estimate of drug-likeness (QED) is 0.605. The van der Waals surface area contributed by atoms with Gasteiger partial charge < -0.3 is 10.5 Å². The molecule has 0 radical (unpaired) electrons. The number of esters is 1. The highest BCUT2D eigenvalue weighted by Gasteiger charge is 2.21. The molecule has 1 aliphatic carbocycles. The zero-order valence-corrected chi connectivity index (χ0v) is 8.61. The van der Waals surface area contributed by atoms with E-state index in [0.717, 1.165) is 12.3 Å². The summed E-state index contributed by atoms with van der Waals surface area (Å²) in [6.07, 6.45) is 3.55. The van der Waals surface area contributed by atoms with Crippen molar-refractivity contribution < 1.29 is 9.53 Å². The van der Waals surface area contributed by atoms with Crippen LogP contribution in [-0.4, -0.2) is 12.6 Å². The molecule has 15 heavy (non-hydrogen) atoms. The molecule has 1 aliphatic rings. The molecule has 2 N–H and O–H groups in total. The molecule has 3 nitrogen and oxygen atoms in total. The van der Waals surface area contributed by atoms with Crippen molar-refractivity contribution in [1.82, 2.24) is 0 Å². The Hall–Kier alpha value is -1.51. The molecule has 1 fully saturated rings. The molecule has 0 spiro atoms. The van der Waals surface area contributed by atoms with Crippen LogP contribution in [0.2, 0.25) is 0 Å². The van der Waals surface area contributed by atoms with Gasteiger partial charge in [0.05, 0.1) is 12.2 Å². The van der Waals surface area contributed by atoms with Crippen molar-refractivity contribution >= 4 is 11.7 Å². The number of rotatable bonds is 4. The summed E-state index contributed by atoms with van der Waals surface area (Å²) in [4.78, 5) is 11.6. The van der Waals surface area contributed by atoms with E-state index in [4.69, 9.17) is 10.5 Å². The van der Waals surface area contributed by atoms with E-state index in [0.29, 0.717) is 17.9 Å². The van der Waals surface area contributed by atoms with Gasteiger partial charge in [-0.25, -0.2) is 4.79 Å².